The van der Waals surface area contributed by atoms with Crippen LogP contribution >= 0.6 is 11.3 Å². The van der Waals surface area contributed by atoms with Gasteiger partial charge in [0.15, 0.2) is 4.96 Å². The van der Waals surface area contributed by atoms with Gasteiger partial charge in [-0.15, -0.1) is 11.3 Å². The highest BCUT2D eigenvalue weighted by Crippen LogP contribution is 2.33. The molecular weight excluding hydrogens is 330 g/mol. The average Bonchev–Trinajstić information content (AvgIpc) is 3.22. The second-order valence-electron chi connectivity index (χ2n) is 5.67. The van der Waals surface area contributed by atoms with Crippen molar-refractivity contribution in [3.8, 4) is 28.3 Å². The summed E-state index contributed by atoms with van der Waals surface area (Å²) in [5, 5.41) is 2.13. The Bertz CT molecular complexity index is 987. The number of imidazole rings is 1. The number of fused-ring (bicyclic) bond motifs is 1. The first kappa shape index (κ1) is 15.9. The Morgan fingerprint density at radius 2 is 1.80 bits per heavy atom. The minimum atomic E-state index is 0.437. The maximum Gasteiger partial charge on any atom is 0.195 e. The average molecular weight is 349 g/mol. The van der Waals surface area contributed by atoms with E-state index in [2.05, 4.69) is 34.0 Å². The highest BCUT2D eigenvalue weighted by atomic mass is 32.1. The van der Waals surface area contributed by atoms with Gasteiger partial charge in [-0.2, -0.15) is 0 Å². The number of hydrogen-bond donors (Lipinski definition) is 1. The Morgan fingerprint density at radius 3 is 2.48 bits per heavy atom. The van der Waals surface area contributed by atoms with Gasteiger partial charge in [-0.05, 0) is 36.8 Å². The molecule has 0 spiro atoms. The predicted molar refractivity (Wildman–Crippen MR) is 103 cm³/mol. The van der Waals surface area contributed by atoms with E-state index in [9.17, 15) is 0 Å². The number of aromatic nitrogens is 2. The standard InChI is InChI=1S/C20H19N3OS/c1-2-24-16-10-8-14(9-11-16)18-13-25-20-22-19(17(12-21)23(18)20)15-6-4-3-5-7-15/h3-11,13H,2,12,21H2,1H3. The molecule has 0 aliphatic carbocycles. The molecule has 2 aromatic carbocycles. The molecular formula is C20H19N3OS. The summed E-state index contributed by atoms with van der Waals surface area (Å²) in [6.07, 6.45) is 0. The fourth-order valence-electron chi connectivity index (χ4n) is 3.02. The van der Waals surface area contributed by atoms with Crippen LogP contribution in [0.3, 0.4) is 0 Å². The molecule has 0 saturated carbocycles. The summed E-state index contributed by atoms with van der Waals surface area (Å²) >= 11 is 1.63. The van der Waals surface area contributed by atoms with E-state index in [1.54, 1.807) is 11.3 Å². The van der Waals surface area contributed by atoms with Crippen LogP contribution < -0.4 is 10.5 Å². The first-order valence-corrected chi connectivity index (χ1v) is 9.17. The summed E-state index contributed by atoms with van der Waals surface area (Å²) < 4.78 is 7.71. The Labute approximate surface area is 150 Å². The van der Waals surface area contributed by atoms with Gasteiger partial charge in [0, 0.05) is 17.5 Å². The van der Waals surface area contributed by atoms with Gasteiger partial charge in [0.1, 0.15) is 5.75 Å². The summed E-state index contributed by atoms with van der Waals surface area (Å²) in [6.45, 7) is 3.09. The van der Waals surface area contributed by atoms with E-state index in [0.29, 0.717) is 13.2 Å². The van der Waals surface area contributed by atoms with Gasteiger partial charge in [0.05, 0.1) is 23.7 Å². The van der Waals surface area contributed by atoms with Gasteiger partial charge in [-0.25, -0.2) is 4.98 Å². The third kappa shape index (κ3) is 2.81. The van der Waals surface area contributed by atoms with E-state index in [-0.39, 0.29) is 0 Å². The quantitative estimate of drug-likeness (QED) is 0.573. The molecule has 0 fully saturated rings. The van der Waals surface area contributed by atoms with Gasteiger partial charge < -0.3 is 10.5 Å². The van der Waals surface area contributed by atoms with E-state index in [4.69, 9.17) is 15.5 Å². The van der Waals surface area contributed by atoms with Crippen LogP contribution in [0.15, 0.2) is 60.0 Å². The molecule has 2 N–H and O–H groups in total. The highest BCUT2D eigenvalue weighted by Gasteiger charge is 2.17. The minimum Gasteiger partial charge on any atom is -0.494 e. The molecule has 2 heterocycles. The van der Waals surface area contributed by atoms with Crippen molar-refractivity contribution in [3.63, 3.8) is 0 Å². The largest absolute Gasteiger partial charge is 0.494 e. The number of nitrogens with two attached hydrogens (primary N) is 1. The fraction of sp³-hybridized carbons (Fsp3) is 0.150. The number of rotatable bonds is 5. The van der Waals surface area contributed by atoms with Crippen molar-refractivity contribution >= 4 is 16.3 Å². The zero-order valence-electron chi connectivity index (χ0n) is 14.0. The molecule has 4 rings (SSSR count). The van der Waals surface area contributed by atoms with E-state index in [0.717, 1.165) is 38.9 Å². The van der Waals surface area contributed by atoms with Crippen LogP contribution in [0.2, 0.25) is 0 Å². The van der Waals surface area contributed by atoms with Crippen molar-refractivity contribution in [2.75, 3.05) is 6.61 Å². The molecule has 0 atom stereocenters. The third-order valence-corrected chi connectivity index (χ3v) is 4.99. The Morgan fingerprint density at radius 1 is 1.04 bits per heavy atom. The molecule has 0 aliphatic heterocycles. The molecule has 0 amide bonds. The molecule has 25 heavy (non-hydrogen) atoms. The second-order valence-corrected chi connectivity index (χ2v) is 6.51. The van der Waals surface area contributed by atoms with Crippen LogP contribution in [0.5, 0.6) is 5.75 Å². The molecule has 2 aromatic heterocycles. The van der Waals surface area contributed by atoms with Crippen molar-refractivity contribution in [3.05, 3.63) is 65.7 Å². The summed E-state index contributed by atoms with van der Waals surface area (Å²) in [6, 6.07) is 18.4. The fourth-order valence-corrected chi connectivity index (χ4v) is 3.94. The second kappa shape index (κ2) is 6.70. The molecule has 126 valence electrons. The number of benzene rings is 2. The van der Waals surface area contributed by atoms with Gasteiger partial charge in [-0.3, -0.25) is 4.40 Å². The maximum absolute atomic E-state index is 6.09. The monoisotopic (exact) mass is 349 g/mol. The molecule has 0 aliphatic rings. The zero-order valence-corrected chi connectivity index (χ0v) is 14.8. The lowest BCUT2D eigenvalue weighted by Crippen LogP contribution is -2.03. The van der Waals surface area contributed by atoms with E-state index in [1.807, 2.05) is 37.3 Å². The number of ether oxygens (including phenoxy) is 1. The smallest absolute Gasteiger partial charge is 0.195 e. The van der Waals surface area contributed by atoms with E-state index in [1.165, 1.54) is 0 Å². The Balaban J connectivity index is 1.84. The molecule has 5 heteroatoms. The summed E-state index contributed by atoms with van der Waals surface area (Å²) in [5.41, 5.74) is 11.4. The first-order chi connectivity index (χ1) is 12.3. The van der Waals surface area contributed by atoms with Gasteiger partial charge in [0.25, 0.3) is 0 Å². The molecule has 0 radical (unpaired) electrons. The topological polar surface area (TPSA) is 52.5 Å². The van der Waals surface area contributed by atoms with Crippen molar-refractivity contribution in [1.82, 2.24) is 9.38 Å². The SMILES string of the molecule is CCOc1ccc(-c2csc3nc(-c4ccccc4)c(CN)n23)cc1. The minimum absolute atomic E-state index is 0.437. The number of nitrogens with zero attached hydrogens (tertiary/aromatic N) is 2. The molecule has 0 saturated heterocycles. The van der Waals surface area contributed by atoms with Crippen LogP contribution in [-0.2, 0) is 6.54 Å². The Kier molecular flexibility index (Phi) is 4.26. The maximum atomic E-state index is 6.09. The van der Waals surface area contributed by atoms with Crippen LogP contribution in [0.25, 0.3) is 27.5 Å². The summed E-state index contributed by atoms with van der Waals surface area (Å²) in [5.74, 6) is 0.882. The van der Waals surface area contributed by atoms with Crippen LogP contribution in [0, 0.1) is 0 Å². The van der Waals surface area contributed by atoms with Crippen molar-refractivity contribution in [2.45, 2.75) is 13.5 Å². The zero-order chi connectivity index (χ0) is 17.2. The molecule has 4 aromatic rings. The normalized spacial score (nSPS) is 11.1. The van der Waals surface area contributed by atoms with E-state index >= 15 is 0 Å². The highest BCUT2D eigenvalue weighted by molar-refractivity contribution is 7.15. The lowest BCUT2D eigenvalue weighted by molar-refractivity contribution is 0.340. The number of thiazole rings is 1. The van der Waals surface area contributed by atoms with Gasteiger partial charge in [0.2, 0.25) is 0 Å². The Hall–Kier alpha value is -2.63. The van der Waals surface area contributed by atoms with Crippen molar-refractivity contribution < 1.29 is 4.74 Å². The molecule has 0 unspecified atom stereocenters. The number of hydrogen-bond acceptors (Lipinski definition) is 4. The summed E-state index contributed by atoms with van der Waals surface area (Å²) in [4.78, 5) is 5.78. The van der Waals surface area contributed by atoms with Crippen LogP contribution in [0.1, 0.15) is 12.6 Å². The lowest BCUT2D eigenvalue weighted by Gasteiger charge is -2.07. The van der Waals surface area contributed by atoms with Crippen LogP contribution in [0.4, 0.5) is 0 Å². The molecule has 0 bridgehead atoms. The van der Waals surface area contributed by atoms with E-state index < -0.39 is 0 Å². The summed E-state index contributed by atoms with van der Waals surface area (Å²) in [7, 11) is 0. The molecule has 4 nitrogen and oxygen atoms in total. The first-order valence-electron chi connectivity index (χ1n) is 8.29. The van der Waals surface area contributed by atoms with Crippen molar-refractivity contribution in [1.29, 1.82) is 0 Å². The lowest BCUT2D eigenvalue weighted by atomic mass is 10.1. The van der Waals surface area contributed by atoms with Gasteiger partial charge >= 0.3 is 0 Å². The van der Waals surface area contributed by atoms with Gasteiger partial charge in [-0.1, -0.05) is 30.3 Å². The van der Waals surface area contributed by atoms with Crippen molar-refractivity contribution in [2.24, 2.45) is 5.73 Å². The third-order valence-electron chi connectivity index (χ3n) is 4.16. The van der Waals surface area contributed by atoms with Crippen LogP contribution in [-0.4, -0.2) is 16.0 Å². The predicted octanol–water partition coefficient (Wildman–Crippen LogP) is 4.59.